The second-order valence-corrected chi connectivity index (χ2v) is 7.77. The largest absolute Gasteiger partial charge is 0.493 e. The molecule has 6 heteroatoms. The van der Waals surface area contributed by atoms with Gasteiger partial charge in [-0.25, -0.2) is 0 Å². The number of methoxy groups -OCH3 is 1. The Balaban J connectivity index is 1.58. The third-order valence-electron chi connectivity index (χ3n) is 5.59. The second kappa shape index (κ2) is 8.66. The third-order valence-corrected chi connectivity index (χ3v) is 5.59. The molecule has 2 heterocycles. The van der Waals surface area contributed by atoms with E-state index in [0.29, 0.717) is 32.1 Å². The molecule has 0 aromatic heterocycles. The molecule has 6 nitrogen and oxygen atoms in total. The van der Waals surface area contributed by atoms with E-state index in [-0.39, 0.29) is 5.91 Å². The fourth-order valence-electron chi connectivity index (χ4n) is 4.05. The summed E-state index contributed by atoms with van der Waals surface area (Å²) in [6, 6.07) is 11.8. The number of aryl methyl sites for hydroxylation is 1. The zero-order valence-corrected chi connectivity index (χ0v) is 17.9. The van der Waals surface area contributed by atoms with Crippen LogP contribution >= 0.6 is 0 Å². The van der Waals surface area contributed by atoms with Crippen molar-refractivity contribution < 1.29 is 23.7 Å². The van der Waals surface area contributed by atoms with Crippen molar-refractivity contribution in [1.82, 2.24) is 0 Å². The lowest BCUT2D eigenvalue weighted by atomic mass is 10.0. The number of hydrogen-bond donors (Lipinski definition) is 0. The molecular weight excluding hydrogens is 382 g/mol. The summed E-state index contributed by atoms with van der Waals surface area (Å²) in [7, 11) is 1.63. The number of unbranched alkanes of at least 4 members (excludes halogenated alkanes) is 2. The zero-order chi connectivity index (χ0) is 21.1. The number of ether oxygens (including phenoxy) is 4. The highest BCUT2D eigenvalue weighted by atomic mass is 16.7. The number of rotatable bonds is 8. The molecule has 2 aliphatic heterocycles. The minimum atomic E-state index is -1.31. The van der Waals surface area contributed by atoms with Gasteiger partial charge in [-0.3, -0.25) is 4.79 Å². The fourth-order valence-corrected chi connectivity index (χ4v) is 4.05. The molecule has 0 aliphatic carbocycles. The lowest BCUT2D eigenvalue weighted by Crippen LogP contribution is -2.40. The number of nitrogens with zero attached hydrogens (tertiary/aromatic N) is 1. The Morgan fingerprint density at radius 1 is 1.07 bits per heavy atom. The topological polar surface area (TPSA) is 57.2 Å². The van der Waals surface area contributed by atoms with E-state index in [9.17, 15) is 4.79 Å². The Kier molecular flexibility index (Phi) is 5.97. The molecule has 1 amide bonds. The maximum absolute atomic E-state index is 13.3. The van der Waals surface area contributed by atoms with Crippen LogP contribution in [0.2, 0.25) is 0 Å². The van der Waals surface area contributed by atoms with Crippen molar-refractivity contribution in [2.75, 3.05) is 31.8 Å². The monoisotopic (exact) mass is 411 g/mol. The average Bonchev–Trinajstić information content (AvgIpc) is 3.33. The van der Waals surface area contributed by atoms with Crippen molar-refractivity contribution in [2.45, 2.75) is 45.4 Å². The van der Waals surface area contributed by atoms with Gasteiger partial charge in [0.25, 0.3) is 11.7 Å². The first-order chi connectivity index (χ1) is 14.6. The molecule has 0 saturated carbocycles. The Hall–Kier alpha value is -2.57. The molecule has 0 bridgehead atoms. The molecule has 1 spiro atoms. The molecule has 160 valence electrons. The molecule has 2 aromatic rings. The number of carbonyl (C=O) groups is 1. The highest BCUT2D eigenvalue weighted by Crippen LogP contribution is 2.46. The van der Waals surface area contributed by atoms with Crippen molar-refractivity contribution in [2.24, 2.45) is 0 Å². The zero-order valence-electron chi connectivity index (χ0n) is 17.9. The molecule has 1 saturated heterocycles. The Bertz CT molecular complexity index is 920. The summed E-state index contributed by atoms with van der Waals surface area (Å²) in [4.78, 5) is 15.1. The van der Waals surface area contributed by atoms with Gasteiger partial charge in [-0.05, 0) is 43.2 Å². The van der Waals surface area contributed by atoms with Crippen LogP contribution in [0.25, 0.3) is 0 Å². The molecule has 30 heavy (non-hydrogen) atoms. The lowest BCUT2D eigenvalue weighted by molar-refractivity contribution is -0.180. The third kappa shape index (κ3) is 3.66. The van der Waals surface area contributed by atoms with Gasteiger partial charge in [0, 0.05) is 5.56 Å². The van der Waals surface area contributed by atoms with Crippen molar-refractivity contribution >= 4 is 11.6 Å². The predicted octanol–water partition coefficient (Wildman–Crippen LogP) is 4.32. The van der Waals surface area contributed by atoms with Crippen molar-refractivity contribution in [1.29, 1.82) is 0 Å². The van der Waals surface area contributed by atoms with Crippen LogP contribution in [0.15, 0.2) is 36.4 Å². The Labute approximate surface area is 177 Å². The van der Waals surface area contributed by atoms with Crippen molar-refractivity contribution in [3.05, 3.63) is 53.1 Å². The number of anilines is 1. The van der Waals surface area contributed by atoms with Crippen molar-refractivity contribution in [3.63, 3.8) is 0 Å². The first-order valence-corrected chi connectivity index (χ1v) is 10.6. The molecular formula is C24H29NO5. The van der Waals surface area contributed by atoms with E-state index in [1.807, 2.05) is 43.3 Å². The van der Waals surface area contributed by atoms with Crippen LogP contribution < -0.4 is 14.4 Å². The molecule has 0 radical (unpaired) electrons. The van der Waals surface area contributed by atoms with Crippen LogP contribution in [0.4, 0.5) is 5.69 Å². The summed E-state index contributed by atoms with van der Waals surface area (Å²) in [6.45, 7) is 6.05. The molecule has 0 N–H and O–H groups in total. The minimum Gasteiger partial charge on any atom is -0.493 e. The van der Waals surface area contributed by atoms with Crippen LogP contribution in [-0.2, 0) is 26.6 Å². The summed E-state index contributed by atoms with van der Waals surface area (Å²) < 4.78 is 23.1. The van der Waals surface area contributed by atoms with Gasteiger partial charge in [0.1, 0.15) is 0 Å². The van der Waals surface area contributed by atoms with Crippen LogP contribution in [-0.4, -0.2) is 32.8 Å². The smallest absolute Gasteiger partial charge is 0.292 e. The summed E-state index contributed by atoms with van der Waals surface area (Å²) in [6.07, 6.45) is 3.31. The van der Waals surface area contributed by atoms with Gasteiger partial charge in [0.15, 0.2) is 11.5 Å². The predicted molar refractivity (Wildman–Crippen MR) is 114 cm³/mol. The van der Waals surface area contributed by atoms with Gasteiger partial charge in [0.2, 0.25) is 0 Å². The minimum absolute atomic E-state index is 0.181. The number of carbonyl (C=O) groups excluding carboxylic acids is 1. The van der Waals surface area contributed by atoms with Gasteiger partial charge in [-0.1, -0.05) is 37.5 Å². The number of benzene rings is 2. The Morgan fingerprint density at radius 3 is 2.60 bits per heavy atom. The Morgan fingerprint density at radius 2 is 1.87 bits per heavy atom. The van der Waals surface area contributed by atoms with E-state index in [4.69, 9.17) is 18.9 Å². The van der Waals surface area contributed by atoms with E-state index in [2.05, 4.69) is 6.92 Å². The summed E-state index contributed by atoms with van der Waals surface area (Å²) >= 11 is 0. The summed E-state index contributed by atoms with van der Waals surface area (Å²) in [5.41, 5.74) is 3.62. The maximum atomic E-state index is 13.3. The average molecular weight is 411 g/mol. The van der Waals surface area contributed by atoms with Gasteiger partial charge in [-0.2, -0.15) is 0 Å². The van der Waals surface area contributed by atoms with Crippen LogP contribution in [0.3, 0.4) is 0 Å². The van der Waals surface area contributed by atoms with E-state index >= 15 is 0 Å². The molecule has 0 atom stereocenters. The molecule has 4 rings (SSSR count). The number of fused-ring (bicyclic) bond motifs is 2. The quantitative estimate of drug-likeness (QED) is 0.606. The summed E-state index contributed by atoms with van der Waals surface area (Å²) in [5, 5.41) is 0. The van der Waals surface area contributed by atoms with Crippen LogP contribution in [0.5, 0.6) is 11.5 Å². The highest BCUT2D eigenvalue weighted by molar-refractivity contribution is 6.06. The SMILES string of the molecule is CCCCCOc1ccc(CN2C(=O)C3(OCCO3)c3cc(C)ccc32)cc1OC. The normalized spacial score (nSPS) is 16.9. The first-order valence-electron chi connectivity index (χ1n) is 10.6. The molecule has 2 aromatic carbocycles. The highest BCUT2D eigenvalue weighted by Gasteiger charge is 2.56. The van der Waals surface area contributed by atoms with Crippen LogP contribution in [0, 0.1) is 6.92 Å². The molecule has 1 fully saturated rings. The molecule has 2 aliphatic rings. The number of hydrogen-bond acceptors (Lipinski definition) is 5. The van der Waals surface area contributed by atoms with Gasteiger partial charge < -0.3 is 23.8 Å². The van der Waals surface area contributed by atoms with Gasteiger partial charge >= 0.3 is 0 Å². The van der Waals surface area contributed by atoms with Crippen molar-refractivity contribution in [3.8, 4) is 11.5 Å². The number of amides is 1. The first kappa shape index (κ1) is 20.7. The van der Waals surface area contributed by atoms with Crippen LogP contribution in [0.1, 0.15) is 42.9 Å². The fraction of sp³-hybridized carbons (Fsp3) is 0.458. The van der Waals surface area contributed by atoms with E-state index < -0.39 is 5.79 Å². The summed E-state index contributed by atoms with van der Waals surface area (Å²) in [5.74, 6) is -0.101. The van der Waals surface area contributed by atoms with E-state index in [1.54, 1.807) is 12.0 Å². The second-order valence-electron chi connectivity index (χ2n) is 7.77. The molecule has 0 unspecified atom stereocenters. The van der Waals surface area contributed by atoms with E-state index in [1.165, 1.54) is 0 Å². The van der Waals surface area contributed by atoms with E-state index in [0.717, 1.165) is 47.4 Å². The standard InChI is InChI=1S/C24H29NO5/c1-4-5-6-11-28-21-10-8-18(15-22(21)27-3)16-25-20-9-7-17(2)14-19(20)24(23(25)26)29-12-13-30-24/h7-10,14-15H,4-6,11-13,16H2,1-3H3. The lowest BCUT2D eigenvalue weighted by Gasteiger charge is -2.22. The maximum Gasteiger partial charge on any atom is 0.292 e. The van der Waals surface area contributed by atoms with Gasteiger partial charge in [-0.15, -0.1) is 0 Å². The van der Waals surface area contributed by atoms with Gasteiger partial charge in [0.05, 0.1) is 39.2 Å².